The summed E-state index contributed by atoms with van der Waals surface area (Å²) in [5.41, 5.74) is 4.86. The molecule has 6 aromatic rings. The highest BCUT2D eigenvalue weighted by atomic mass is 19.1. The lowest BCUT2D eigenvalue weighted by molar-refractivity contribution is -0.168. The van der Waals surface area contributed by atoms with Crippen LogP contribution in [0.3, 0.4) is 0 Å². The minimum atomic E-state index is -1.73. The van der Waals surface area contributed by atoms with Gasteiger partial charge >= 0.3 is 11.9 Å². The third kappa shape index (κ3) is 4.53. The quantitative estimate of drug-likeness (QED) is 0.102. The molecule has 2 atom stereocenters. The number of ether oxygens (including phenoxy) is 3. The summed E-state index contributed by atoms with van der Waals surface area (Å²) in [4.78, 5) is 27.9. The Kier molecular flexibility index (Phi) is 7.66. The maximum Gasteiger partial charge on any atom is 0.323 e. The number of rotatable bonds is 5. The van der Waals surface area contributed by atoms with E-state index in [0.717, 1.165) is 38.9 Å². The molecule has 9 rings (SSSR count). The molecule has 0 fully saturated rings. The molecule has 0 saturated heterocycles. The van der Waals surface area contributed by atoms with Gasteiger partial charge in [0.15, 0.2) is 5.41 Å². The van der Waals surface area contributed by atoms with Crippen molar-refractivity contribution in [2.45, 2.75) is 24.0 Å². The highest BCUT2D eigenvalue weighted by Crippen LogP contribution is 2.70. The molecule has 0 saturated carbocycles. The molecule has 5 nitrogen and oxygen atoms in total. The van der Waals surface area contributed by atoms with Gasteiger partial charge in [-0.2, -0.15) is 0 Å². The average molecular weight is 715 g/mol. The molecule has 0 amide bonds. The molecule has 2 bridgehead atoms. The second kappa shape index (κ2) is 12.4. The number of fused-ring (bicyclic) bond motifs is 10. The predicted octanol–water partition coefficient (Wildman–Crippen LogP) is 8.39. The van der Waals surface area contributed by atoms with Gasteiger partial charge in [-0.3, -0.25) is 9.59 Å². The third-order valence-electron chi connectivity index (χ3n) is 11.2. The Morgan fingerprint density at radius 1 is 0.593 bits per heavy atom. The number of halogens is 2. The highest BCUT2D eigenvalue weighted by Gasteiger charge is 2.68. The Labute approximate surface area is 311 Å². The smallest absolute Gasteiger partial charge is 0.323 e. The molecule has 3 aliphatic rings. The van der Waals surface area contributed by atoms with Crippen LogP contribution in [-0.4, -0.2) is 26.2 Å². The molecule has 6 aromatic carbocycles. The summed E-state index contributed by atoms with van der Waals surface area (Å²) in [7, 11) is 2.52. The minimum absolute atomic E-state index is 0.0378. The fourth-order valence-electron chi connectivity index (χ4n) is 9.00. The summed E-state index contributed by atoms with van der Waals surface area (Å²) in [5.74, 6) is 4.40. The normalized spacial score (nSPS) is 19.6. The van der Waals surface area contributed by atoms with Crippen LogP contribution in [0.5, 0.6) is 0 Å². The van der Waals surface area contributed by atoms with Gasteiger partial charge in [-0.05, 0) is 75.3 Å². The van der Waals surface area contributed by atoms with Crippen molar-refractivity contribution in [1.29, 1.82) is 0 Å². The van der Waals surface area contributed by atoms with E-state index in [2.05, 4.69) is 24.0 Å². The number of methoxy groups -OCH3 is 2. The first-order valence-electron chi connectivity index (χ1n) is 17.6. The molecular weight excluding hydrogens is 683 g/mol. The van der Waals surface area contributed by atoms with E-state index in [9.17, 15) is 18.4 Å². The number of carbonyl (C=O) groups excluding carboxylic acids is 2. The van der Waals surface area contributed by atoms with Gasteiger partial charge in [0.05, 0.1) is 14.2 Å². The molecular formula is C47H32F2O5. The highest BCUT2D eigenvalue weighted by molar-refractivity contribution is 6.02. The second-order valence-corrected chi connectivity index (χ2v) is 13.9. The first kappa shape index (κ1) is 33.5. The number of carbonyl (C=O) groups is 2. The molecule has 7 heteroatoms. The van der Waals surface area contributed by atoms with E-state index in [1.54, 1.807) is 24.3 Å². The molecule has 0 N–H and O–H groups in total. The van der Waals surface area contributed by atoms with Crippen LogP contribution in [0.1, 0.15) is 55.6 Å². The minimum Gasteiger partial charge on any atom is -0.468 e. The number of hydrogen-bond donors (Lipinski definition) is 0. The van der Waals surface area contributed by atoms with Gasteiger partial charge in [0.25, 0.3) is 0 Å². The lowest BCUT2D eigenvalue weighted by atomic mass is 9.64. The molecule has 0 spiro atoms. The van der Waals surface area contributed by atoms with Gasteiger partial charge in [-0.1, -0.05) is 109 Å². The van der Waals surface area contributed by atoms with Crippen molar-refractivity contribution in [2.24, 2.45) is 5.41 Å². The summed E-state index contributed by atoms with van der Waals surface area (Å²) >= 11 is 0. The van der Waals surface area contributed by atoms with Crippen molar-refractivity contribution in [1.82, 2.24) is 0 Å². The van der Waals surface area contributed by atoms with E-state index < -0.39 is 40.2 Å². The molecule has 1 aliphatic carbocycles. The molecule has 2 aliphatic heterocycles. The van der Waals surface area contributed by atoms with Crippen molar-refractivity contribution in [3.05, 3.63) is 201 Å². The Hall–Kier alpha value is -6.36. The Balaban J connectivity index is 1.51. The van der Waals surface area contributed by atoms with E-state index in [0.29, 0.717) is 27.8 Å². The van der Waals surface area contributed by atoms with Crippen LogP contribution in [0.2, 0.25) is 0 Å². The fourth-order valence-corrected chi connectivity index (χ4v) is 9.00. The molecule has 264 valence electrons. The first-order chi connectivity index (χ1) is 26.3. The maximum absolute atomic E-state index is 14.7. The van der Waals surface area contributed by atoms with Crippen molar-refractivity contribution in [2.75, 3.05) is 14.2 Å². The molecule has 0 aromatic heterocycles. The zero-order chi connectivity index (χ0) is 37.2. The van der Waals surface area contributed by atoms with Crippen LogP contribution < -0.4 is 0 Å². The van der Waals surface area contributed by atoms with Gasteiger partial charge in [0.2, 0.25) is 0 Å². The van der Waals surface area contributed by atoms with Gasteiger partial charge in [-0.15, -0.1) is 0 Å². The van der Waals surface area contributed by atoms with Crippen LogP contribution in [-0.2, 0) is 47.8 Å². The molecule has 54 heavy (non-hydrogen) atoms. The molecule has 2 heterocycles. The predicted molar refractivity (Wildman–Crippen MR) is 198 cm³/mol. The standard InChI is InChI=1S/C47H32F2O5/c1-52-43(50)45(44(51)53-2)27-36-35(26-19-29-17-22-33(48)23-18-29)40(30-20-24-34(49)25-21-30)42-41(37(36)28-45)46(31-11-5-3-6-12-31)38-15-9-10-16-39(38)47(42,54-46)32-13-7-4-8-14-32/h3-18,20-25H,27-28H2,1-2H3. The Morgan fingerprint density at radius 2 is 1.07 bits per heavy atom. The summed E-state index contributed by atoms with van der Waals surface area (Å²) in [5, 5.41) is 0. The number of hydrogen-bond acceptors (Lipinski definition) is 5. The SMILES string of the molecule is COC(=O)C1(C(=O)OC)Cc2c(C#Cc3ccc(F)cc3)c(-c3ccc(F)cc3)c3c(c2C1)C1(c2ccccc2)OC3(c2ccccc2)c2ccccc21. The fraction of sp³-hybridized carbons (Fsp3) is 0.149. The second-order valence-electron chi connectivity index (χ2n) is 13.9. The average Bonchev–Trinajstić information content (AvgIpc) is 3.88. The Morgan fingerprint density at radius 3 is 1.61 bits per heavy atom. The van der Waals surface area contributed by atoms with Gasteiger partial charge in [0, 0.05) is 40.7 Å². The van der Waals surface area contributed by atoms with Crippen molar-refractivity contribution in [3.63, 3.8) is 0 Å². The molecule has 2 unspecified atom stereocenters. The number of esters is 2. The van der Waals surface area contributed by atoms with Gasteiger partial charge < -0.3 is 14.2 Å². The van der Waals surface area contributed by atoms with Crippen LogP contribution in [0.4, 0.5) is 8.78 Å². The topological polar surface area (TPSA) is 61.8 Å². The van der Waals surface area contributed by atoms with Gasteiger partial charge in [-0.25, -0.2) is 8.78 Å². The monoisotopic (exact) mass is 714 g/mol. The zero-order valence-corrected chi connectivity index (χ0v) is 29.4. The van der Waals surface area contributed by atoms with Gasteiger partial charge in [0.1, 0.15) is 22.8 Å². The van der Waals surface area contributed by atoms with E-state index in [1.165, 1.54) is 38.5 Å². The van der Waals surface area contributed by atoms with Crippen LogP contribution >= 0.6 is 0 Å². The third-order valence-corrected chi connectivity index (χ3v) is 11.2. The van der Waals surface area contributed by atoms with Crippen LogP contribution in [0, 0.1) is 28.9 Å². The Bertz CT molecular complexity index is 2540. The zero-order valence-electron chi connectivity index (χ0n) is 29.4. The van der Waals surface area contributed by atoms with Crippen molar-refractivity contribution < 1.29 is 32.6 Å². The largest absolute Gasteiger partial charge is 0.468 e. The summed E-state index contributed by atoms with van der Waals surface area (Å²) in [6, 6.07) is 40.1. The van der Waals surface area contributed by atoms with Crippen molar-refractivity contribution in [3.8, 4) is 23.0 Å². The summed E-state index contributed by atoms with van der Waals surface area (Å²) in [6.07, 6.45) is -0.106. The van der Waals surface area contributed by atoms with E-state index in [-0.39, 0.29) is 12.8 Å². The summed E-state index contributed by atoms with van der Waals surface area (Å²) < 4.78 is 47.2. The van der Waals surface area contributed by atoms with Crippen LogP contribution in [0.15, 0.2) is 133 Å². The molecule has 0 radical (unpaired) electrons. The van der Waals surface area contributed by atoms with E-state index in [4.69, 9.17) is 14.2 Å². The van der Waals surface area contributed by atoms with Crippen LogP contribution in [0.25, 0.3) is 11.1 Å². The van der Waals surface area contributed by atoms with E-state index in [1.807, 2.05) is 72.8 Å². The maximum atomic E-state index is 14.7. The van der Waals surface area contributed by atoms with Crippen molar-refractivity contribution >= 4 is 11.9 Å². The lowest BCUT2D eigenvalue weighted by Gasteiger charge is -2.35. The number of benzene rings is 6. The van der Waals surface area contributed by atoms with E-state index >= 15 is 0 Å². The summed E-state index contributed by atoms with van der Waals surface area (Å²) in [6.45, 7) is 0. The first-order valence-corrected chi connectivity index (χ1v) is 17.6. The lowest BCUT2D eigenvalue weighted by Crippen LogP contribution is -2.42.